The molecule has 0 saturated heterocycles. The van der Waals surface area contributed by atoms with Gasteiger partial charge in [-0.2, -0.15) is 13.2 Å². The van der Waals surface area contributed by atoms with Crippen LogP contribution in [0.5, 0.6) is 0 Å². The second kappa shape index (κ2) is 5.97. The summed E-state index contributed by atoms with van der Waals surface area (Å²) in [5.74, 6) is -0.810. The van der Waals surface area contributed by atoms with Crippen molar-refractivity contribution in [2.45, 2.75) is 18.7 Å². The van der Waals surface area contributed by atoms with Crippen molar-refractivity contribution in [3.63, 3.8) is 0 Å². The average molecular weight is 396 g/mol. The van der Waals surface area contributed by atoms with Gasteiger partial charge in [0.25, 0.3) is 5.91 Å². The number of aliphatic hydroxyl groups is 1. The van der Waals surface area contributed by atoms with Gasteiger partial charge < -0.3 is 10.4 Å². The minimum Gasteiger partial charge on any atom is -0.379 e. The molecule has 0 unspecified atom stereocenters. The van der Waals surface area contributed by atoms with Gasteiger partial charge in [-0.3, -0.25) is 4.79 Å². The van der Waals surface area contributed by atoms with E-state index < -0.39 is 28.9 Å². The Kier molecular flexibility index (Phi) is 4.99. The van der Waals surface area contributed by atoms with E-state index in [2.05, 4.69) is 10.2 Å². The Morgan fingerprint density at radius 1 is 1.50 bits per heavy atom. The third-order valence-electron chi connectivity index (χ3n) is 2.43. The fourth-order valence-corrected chi connectivity index (χ4v) is 1.61. The first-order valence-electron chi connectivity index (χ1n) is 5.30. The number of nitrogens with one attached hydrogen (secondary N) is 1. The van der Waals surface area contributed by atoms with Crippen molar-refractivity contribution in [1.29, 1.82) is 0 Å². The minimum atomic E-state index is -4.69. The first-order chi connectivity index (χ1) is 9.11. The van der Waals surface area contributed by atoms with E-state index in [-0.39, 0.29) is 10.1 Å². The maximum atomic E-state index is 12.7. The van der Waals surface area contributed by atoms with Crippen LogP contribution >= 0.6 is 22.6 Å². The van der Waals surface area contributed by atoms with Crippen LogP contribution in [0.15, 0.2) is 18.2 Å². The Labute approximate surface area is 126 Å². The molecule has 8 heteroatoms. The molecule has 0 spiro atoms. The second-order valence-corrected chi connectivity index (χ2v) is 4.97. The van der Waals surface area contributed by atoms with Gasteiger partial charge in [-0.1, -0.05) is 28.7 Å². The summed E-state index contributed by atoms with van der Waals surface area (Å²) in [6, 6.07) is 2.84. The maximum absolute atomic E-state index is 12.7. The molecule has 1 atom stereocenters. The number of amides is 1. The van der Waals surface area contributed by atoms with Gasteiger partial charge in [0, 0.05) is 10.1 Å². The monoisotopic (exact) mass is 396 g/mol. The molecule has 0 aromatic heterocycles. The lowest BCUT2D eigenvalue weighted by Gasteiger charge is -2.20. The molecule has 1 amide bonds. The van der Waals surface area contributed by atoms with Gasteiger partial charge in [0.2, 0.25) is 0 Å². The molecule has 0 radical (unpaired) electrons. The van der Waals surface area contributed by atoms with Crippen LogP contribution in [0, 0.1) is 6.57 Å². The maximum Gasteiger partial charge on any atom is 0.407 e. The molecule has 0 bridgehead atoms. The average Bonchev–Trinajstić information content (AvgIpc) is 2.37. The van der Waals surface area contributed by atoms with Crippen molar-refractivity contribution in [2.24, 2.45) is 0 Å². The zero-order valence-electron chi connectivity index (χ0n) is 10.3. The number of hydrogen-bond donors (Lipinski definition) is 2. The van der Waals surface area contributed by atoms with Crippen LogP contribution in [0.4, 0.5) is 24.5 Å². The Morgan fingerprint density at radius 3 is 2.55 bits per heavy atom. The van der Waals surface area contributed by atoms with Gasteiger partial charge in [0.05, 0.1) is 12.1 Å². The highest BCUT2D eigenvalue weighted by atomic mass is 125. The van der Waals surface area contributed by atoms with Crippen LogP contribution in [0.2, 0.25) is 0 Å². The number of benzene rings is 1. The third-order valence-corrected chi connectivity index (χ3v) is 3.91. The van der Waals surface area contributed by atoms with Gasteiger partial charge in [-0.05, 0) is 19.1 Å². The van der Waals surface area contributed by atoms with Gasteiger partial charge in [0.1, 0.15) is 5.60 Å². The Morgan fingerprint density at radius 2 is 2.10 bits per heavy atom. The van der Waals surface area contributed by atoms with E-state index in [1.54, 1.807) is 22.6 Å². The summed E-state index contributed by atoms with van der Waals surface area (Å²) in [4.78, 5) is 14.5. The standard InChI is InChI=1S/C12H10F3IN2O2/c1-11(20,6-16)10(19)18-7-3-4-9(17-2)8(5-7)12(13,14)15/h3-5,20H,6H2,1H3,(H,18,19)/t11-/m0/s1/i16-2. The normalized spacial score (nSPS) is 14.2. The quantitative estimate of drug-likeness (QED) is 0.468. The molecule has 0 saturated carbocycles. The SMILES string of the molecule is [C-]#[N+]c1ccc(NC(=O)[C@@](C)(O)C[125I])cc1C(F)(F)F. The number of hydrogen-bond acceptors (Lipinski definition) is 2. The van der Waals surface area contributed by atoms with E-state index in [1.807, 2.05) is 0 Å². The highest BCUT2D eigenvalue weighted by molar-refractivity contribution is 14.1. The van der Waals surface area contributed by atoms with E-state index in [4.69, 9.17) is 6.57 Å². The molecule has 0 fully saturated rings. The summed E-state index contributed by atoms with van der Waals surface area (Å²) in [5, 5.41) is 11.9. The van der Waals surface area contributed by atoms with Crippen molar-refractivity contribution < 1.29 is 23.1 Å². The van der Waals surface area contributed by atoms with Crippen molar-refractivity contribution in [1.82, 2.24) is 0 Å². The van der Waals surface area contributed by atoms with Crippen molar-refractivity contribution in [3.05, 3.63) is 35.2 Å². The molecule has 2 N–H and O–H groups in total. The fourth-order valence-electron chi connectivity index (χ4n) is 1.26. The highest BCUT2D eigenvalue weighted by Crippen LogP contribution is 2.38. The predicted octanol–water partition coefficient (Wildman–Crippen LogP) is 3.38. The molecule has 0 aliphatic heterocycles. The second-order valence-electron chi connectivity index (χ2n) is 4.20. The molecule has 0 aliphatic carbocycles. The van der Waals surface area contributed by atoms with Crippen LogP contribution in [0.1, 0.15) is 12.5 Å². The molecular formula is C12H10F3IN2O2. The lowest BCUT2D eigenvalue weighted by atomic mass is 10.1. The minimum absolute atomic E-state index is 0.0862. The van der Waals surface area contributed by atoms with E-state index in [0.717, 1.165) is 6.07 Å². The highest BCUT2D eigenvalue weighted by Gasteiger charge is 2.34. The van der Waals surface area contributed by atoms with Crippen LogP contribution < -0.4 is 5.32 Å². The summed E-state index contributed by atoms with van der Waals surface area (Å²) in [7, 11) is 0. The lowest BCUT2D eigenvalue weighted by Crippen LogP contribution is -2.41. The molecule has 1 rings (SSSR count). The zero-order valence-corrected chi connectivity index (χ0v) is 12.4. The Bertz CT molecular complexity index is 565. The fraction of sp³-hybridized carbons (Fsp3) is 0.333. The molecule has 0 aliphatic rings. The van der Waals surface area contributed by atoms with Crippen molar-refractivity contribution >= 4 is 39.9 Å². The van der Waals surface area contributed by atoms with Crippen LogP contribution in [-0.2, 0) is 11.0 Å². The van der Waals surface area contributed by atoms with Crippen molar-refractivity contribution in [2.75, 3.05) is 9.74 Å². The number of anilines is 1. The largest absolute Gasteiger partial charge is 0.407 e. The molecule has 0 heterocycles. The number of halogens is 4. The first-order valence-corrected chi connectivity index (χ1v) is 6.83. The van der Waals surface area contributed by atoms with Gasteiger partial charge >= 0.3 is 6.18 Å². The Hall–Kier alpha value is -1.34. The van der Waals surface area contributed by atoms with E-state index in [9.17, 15) is 23.1 Å². The molecule has 20 heavy (non-hydrogen) atoms. The number of carbonyl (C=O) groups excluding carboxylic acids is 1. The lowest BCUT2D eigenvalue weighted by molar-refractivity contribution is -0.137. The van der Waals surface area contributed by atoms with Gasteiger partial charge in [0.15, 0.2) is 5.69 Å². The zero-order chi connectivity index (χ0) is 15.6. The summed E-state index contributed by atoms with van der Waals surface area (Å²) >= 11 is 1.79. The summed E-state index contributed by atoms with van der Waals surface area (Å²) in [6.07, 6.45) is -4.69. The smallest absolute Gasteiger partial charge is 0.379 e. The Balaban J connectivity index is 3.12. The van der Waals surface area contributed by atoms with Crippen LogP contribution in [0.25, 0.3) is 4.85 Å². The first kappa shape index (κ1) is 16.7. The summed E-state index contributed by atoms with van der Waals surface area (Å²) in [5.41, 5.74) is -3.48. The number of alkyl halides is 4. The number of carbonyl (C=O) groups is 1. The van der Waals surface area contributed by atoms with Crippen LogP contribution in [0.3, 0.4) is 0 Å². The molecule has 4 nitrogen and oxygen atoms in total. The van der Waals surface area contributed by atoms with E-state index >= 15 is 0 Å². The topological polar surface area (TPSA) is 53.7 Å². The van der Waals surface area contributed by atoms with Gasteiger partial charge in [-0.25, -0.2) is 4.85 Å². The summed E-state index contributed by atoms with van der Waals surface area (Å²) in [6.45, 7) is 7.96. The number of nitrogens with zero attached hydrogens (tertiary/aromatic N) is 1. The molecule has 1 aromatic carbocycles. The molecular weight excluding hydrogens is 386 g/mol. The number of rotatable bonds is 3. The molecule has 1 aromatic rings. The van der Waals surface area contributed by atoms with E-state index in [1.165, 1.54) is 13.0 Å². The third kappa shape index (κ3) is 3.83. The molecule has 108 valence electrons. The van der Waals surface area contributed by atoms with E-state index in [0.29, 0.717) is 6.07 Å². The predicted molar refractivity (Wildman–Crippen MR) is 75.8 cm³/mol. The van der Waals surface area contributed by atoms with Gasteiger partial charge in [-0.15, -0.1) is 0 Å². The summed E-state index contributed by atoms with van der Waals surface area (Å²) < 4.78 is 38.3. The van der Waals surface area contributed by atoms with Crippen LogP contribution in [-0.4, -0.2) is 21.0 Å². The van der Waals surface area contributed by atoms with Crippen molar-refractivity contribution in [3.8, 4) is 0 Å².